The molecule has 0 aromatic heterocycles. The molecule has 1 N–H and O–H groups in total. The highest BCUT2D eigenvalue weighted by Gasteiger charge is 2.23. The summed E-state index contributed by atoms with van der Waals surface area (Å²) >= 11 is 0. The Morgan fingerprint density at radius 1 is 0.878 bits per heavy atom. The largest absolute Gasteiger partial charge is 0.446 e. The van der Waals surface area contributed by atoms with Crippen molar-refractivity contribution in [1.82, 2.24) is 14.7 Å². The molecule has 0 unspecified atom stereocenters. The third kappa shape index (κ3) is 8.16. The first-order valence-electron chi connectivity index (χ1n) is 14.5. The molecule has 0 aliphatic carbocycles. The summed E-state index contributed by atoms with van der Waals surface area (Å²) in [4.78, 5) is 32.2. The van der Waals surface area contributed by atoms with E-state index in [1.165, 1.54) is 5.56 Å². The Balaban J connectivity index is 1.03. The van der Waals surface area contributed by atoms with Gasteiger partial charge in [0, 0.05) is 64.0 Å². The van der Waals surface area contributed by atoms with E-state index in [2.05, 4.69) is 27.2 Å². The lowest BCUT2D eigenvalue weighted by Crippen LogP contribution is -2.42. The molecule has 3 aromatic carbocycles. The number of para-hydroxylation sites is 1. The van der Waals surface area contributed by atoms with E-state index in [0.29, 0.717) is 12.1 Å². The summed E-state index contributed by atoms with van der Waals surface area (Å²) in [5.74, 6) is 0.0357. The number of rotatable bonds is 9. The molecule has 0 radical (unpaired) electrons. The first-order valence-corrected chi connectivity index (χ1v) is 14.5. The van der Waals surface area contributed by atoms with E-state index in [1.807, 2.05) is 73.8 Å². The summed E-state index contributed by atoms with van der Waals surface area (Å²) in [6.45, 7) is 7.45. The Hall–Kier alpha value is -3.72. The summed E-state index contributed by atoms with van der Waals surface area (Å²) in [6.07, 6.45) is 1.00. The van der Waals surface area contributed by atoms with Gasteiger partial charge in [0.2, 0.25) is 0 Å². The minimum Gasteiger partial charge on any atom is -0.446 e. The number of nitrogens with zero attached hydrogens (tertiary/aromatic N) is 3. The van der Waals surface area contributed by atoms with E-state index in [1.54, 1.807) is 4.90 Å². The van der Waals surface area contributed by atoms with Gasteiger partial charge in [-0.25, -0.2) is 4.79 Å². The molecule has 0 atom stereocenters. The average Bonchev–Trinajstić information content (AvgIpc) is 3.02. The third-order valence-corrected chi connectivity index (χ3v) is 7.87. The van der Waals surface area contributed by atoms with Gasteiger partial charge in [-0.1, -0.05) is 60.7 Å². The van der Waals surface area contributed by atoms with Crippen LogP contribution in [0.5, 0.6) is 0 Å². The number of benzene rings is 3. The van der Waals surface area contributed by atoms with E-state index in [-0.39, 0.29) is 12.0 Å². The second-order valence-corrected chi connectivity index (χ2v) is 10.8. The average molecular weight is 557 g/mol. The topological polar surface area (TPSA) is 74.4 Å². The molecule has 2 fully saturated rings. The zero-order valence-electron chi connectivity index (χ0n) is 23.8. The molecular formula is C33H40N4O4. The minimum atomic E-state index is -0.423. The van der Waals surface area contributed by atoms with E-state index in [9.17, 15) is 9.59 Å². The molecule has 41 heavy (non-hydrogen) atoms. The Bertz CT molecular complexity index is 1270. The fourth-order valence-corrected chi connectivity index (χ4v) is 5.39. The lowest BCUT2D eigenvalue weighted by atomic mass is 10.0. The van der Waals surface area contributed by atoms with Crippen LogP contribution in [0.1, 0.15) is 28.8 Å². The number of hydrogen-bond donors (Lipinski definition) is 1. The molecular weight excluding hydrogens is 516 g/mol. The molecule has 2 heterocycles. The second kappa shape index (κ2) is 14.3. The Morgan fingerprint density at radius 2 is 1.56 bits per heavy atom. The van der Waals surface area contributed by atoms with E-state index in [4.69, 9.17) is 9.47 Å². The third-order valence-electron chi connectivity index (χ3n) is 7.87. The number of likely N-dealkylation sites (N-methyl/N-ethyl adjacent to an activating group) is 1. The van der Waals surface area contributed by atoms with Crippen LogP contribution in [0.2, 0.25) is 0 Å². The standard InChI is InChI=1S/C33H40N4O4/c1-35(32(38)28-13-11-26(12-14-28)25-37-21-23-40-24-22-37)19-20-36-17-15-29(16-18-36)41-33(39)34-31-10-6-5-9-30(31)27-7-3-2-4-8-27/h2-14,29H,15-25H2,1H3,(H,34,39). The van der Waals surface area contributed by atoms with Crippen molar-refractivity contribution in [1.29, 1.82) is 0 Å². The first kappa shape index (κ1) is 28.8. The first-order chi connectivity index (χ1) is 20.0. The van der Waals surface area contributed by atoms with Gasteiger partial charge in [0.05, 0.1) is 18.9 Å². The van der Waals surface area contributed by atoms with Gasteiger partial charge in [-0.15, -0.1) is 0 Å². The van der Waals surface area contributed by atoms with Gasteiger partial charge in [-0.05, 0) is 42.2 Å². The van der Waals surface area contributed by atoms with Crippen molar-refractivity contribution in [3.05, 3.63) is 90.0 Å². The molecule has 0 bridgehead atoms. The minimum absolute atomic E-state index is 0.0357. The summed E-state index contributed by atoms with van der Waals surface area (Å²) in [7, 11) is 1.86. The van der Waals surface area contributed by atoms with E-state index < -0.39 is 6.09 Å². The maximum Gasteiger partial charge on any atom is 0.411 e. The number of likely N-dealkylation sites (tertiary alicyclic amines) is 1. The number of hydrogen-bond acceptors (Lipinski definition) is 6. The Labute approximate surface area is 242 Å². The fraction of sp³-hybridized carbons (Fsp3) is 0.394. The van der Waals surface area contributed by atoms with Crippen molar-refractivity contribution in [2.45, 2.75) is 25.5 Å². The van der Waals surface area contributed by atoms with Gasteiger partial charge < -0.3 is 19.3 Å². The monoisotopic (exact) mass is 556 g/mol. The van der Waals surface area contributed by atoms with E-state index >= 15 is 0 Å². The predicted molar refractivity (Wildman–Crippen MR) is 161 cm³/mol. The number of ether oxygens (including phenoxy) is 2. The molecule has 0 spiro atoms. The van der Waals surface area contributed by atoms with Gasteiger partial charge in [-0.2, -0.15) is 0 Å². The van der Waals surface area contributed by atoms with Crippen LogP contribution in [0.15, 0.2) is 78.9 Å². The van der Waals surface area contributed by atoms with Crippen LogP contribution in [0, 0.1) is 0 Å². The molecule has 8 heteroatoms. The molecule has 2 amide bonds. The summed E-state index contributed by atoms with van der Waals surface area (Å²) in [6, 6.07) is 25.7. The second-order valence-electron chi connectivity index (χ2n) is 10.8. The molecule has 3 aromatic rings. The highest BCUT2D eigenvalue weighted by atomic mass is 16.6. The number of carbonyl (C=O) groups excluding carboxylic acids is 2. The molecule has 2 saturated heterocycles. The lowest BCUT2D eigenvalue weighted by Gasteiger charge is -2.32. The van der Waals surface area contributed by atoms with Crippen LogP contribution in [0.25, 0.3) is 11.1 Å². The normalized spacial score (nSPS) is 16.7. The Kier molecular flexibility index (Phi) is 10.0. The number of amides is 2. The number of nitrogens with one attached hydrogen (secondary N) is 1. The summed E-state index contributed by atoms with van der Waals surface area (Å²) in [5.41, 5.74) is 4.67. The fourth-order valence-electron chi connectivity index (χ4n) is 5.39. The molecule has 2 aliphatic heterocycles. The summed E-state index contributed by atoms with van der Waals surface area (Å²) in [5, 5.41) is 2.93. The highest BCUT2D eigenvalue weighted by Crippen LogP contribution is 2.28. The molecule has 2 aliphatic rings. The highest BCUT2D eigenvalue weighted by molar-refractivity contribution is 5.94. The predicted octanol–water partition coefficient (Wildman–Crippen LogP) is 4.97. The van der Waals surface area contributed by atoms with Crippen LogP contribution >= 0.6 is 0 Å². The van der Waals surface area contributed by atoms with Crippen molar-refractivity contribution in [3.63, 3.8) is 0 Å². The van der Waals surface area contributed by atoms with Crippen LogP contribution < -0.4 is 5.32 Å². The molecule has 0 saturated carbocycles. The van der Waals surface area contributed by atoms with Crippen LogP contribution in [0.3, 0.4) is 0 Å². The van der Waals surface area contributed by atoms with Crippen LogP contribution in [-0.4, -0.2) is 92.3 Å². The SMILES string of the molecule is CN(CCN1CCC(OC(=O)Nc2ccccc2-c2ccccc2)CC1)C(=O)c1ccc(CN2CCOCC2)cc1. The van der Waals surface area contributed by atoms with Crippen LogP contribution in [0.4, 0.5) is 10.5 Å². The van der Waals surface area contributed by atoms with Crippen LogP contribution in [-0.2, 0) is 16.0 Å². The number of piperidine rings is 1. The summed E-state index contributed by atoms with van der Waals surface area (Å²) < 4.78 is 11.2. The number of morpholine rings is 1. The molecule has 216 valence electrons. The lowest BCUT2D eigenvalue weighted by molar-refractivity contribution is 0.0342. The van der Waals surface area contributed by atoms with Gasteiger partial charge in [0.15, 0.2) is 0 Å². The van der Waals surface area contributed by atoms with Crippen molar-refractivity contribution in [2.24, 2.45) is 0 Å². The van der Waals surface area contributed by atoms with Gasteiger partial charge in [0.25, 0.3) is 5.91 Å². The zero-order valence-corrected chi connectivity index (χ0v) is 23.8. The smallest absolute Gasteiger partial charge is 0.411 e. The maximum absolute atomic E-state index is 13.0. The van der Waals surface area contributed by atoms with E-state index in [0.717, 1.165) is 82.1 Å². The van der Waals surface area contributed by atoms with Crippen molar-refractivity contribution < 1.29 is 19.1 Å². The number of anilines is 1. The van der Waals surface area contributed by atoms with Crippen molar-refractivity contribution in [3.8, 4) is 11.1 Å². The van der Waals surface area contributed by atoms with Crippen molar-refractivity contribution in [2.75, 3.05) is 64.8 Å². The van der Waals surface area contributed by atoms with Gasteiger partial charge in [0.1, 0.15) is 6.10 Å². The van der Waals surface area contributed by atoms with Gasteiger partial charge in [-0.3, -0.25) is 15.0 Å². The maximum atomic E-state index is 13.0. The Morgan fingerprint density at radius 3 is 2.29 bits per heavy atom. The van der Waals surface area contributed by atoms with Crippen molar-refractivity contribution >= 4 is 17.7 Å². The van der Waals surface area contributed by atoms with Gasteiger partial charge >= 0.3 is 6.09 Å². The quantitative estimate of drug-likeness (QED) is 0.401. The number of carbonyl (C=O) groups is 2. The molecule has 8 nitrogen and oxygen atoms in total. The zero-order chi connectivity index (χ0) is 28.4. The molecule has 5 rings (SSSR count).